The maximum Gasteiger partial charge on any atom is 0.186 e. The maximum atomic E-state index is 11.7. The molecule has 1 radical (unpaired) electrons. The molecular formula is C14H12ClOS. The van der Waals surface area contributed by atoms with Crippen molar-refractivity contribution in [2.75, 3.05) is 5.75 Å². The third-order valence-corrected chi connectivity index (χ3v) is 3.55. The largest absolute Gasteiger partial charge is 0.289 e. The standard InChI is InChI=1S/C14H12ClOS/c1-2-17-12-6-3-10(4-7-12)13-9-11(15)5-8-14(13)16/h3-9H,2H2,1H3. The van der Waals surface area contributed by atoms with E-state index in [1.165, 1.54) is 11.0 Å². The van der Waals surface area contributed by atoms with Gasteiger partial charge in [-0.05, 0) is 41.6 Å². The van der Waals surface area contributed by atoms with Crippen molar-refractivity contribution in [2.24, 2.45) is 0 Å². The van der Waals surface area contributed by atoms with Crippen molar-refractivity contribution >= 4 is 23.4 Å². The van der Waals surface area contributed by atoms with E-state index in [0.29, 0.717) is 10.6 Å². The molecule has 0 aliphatic heterocycles. The van der Waals surface area contributed by atoms with Crippen LogP contribution in [0.1, 0.15) is 6.92 Å². The van der Waals surface area contributed by atoms with Crippen LogP contribution in [-0.2, 0) is 5.11 Å². The molecule has 1 nitrogen and oxygen atoms in total. The van der Waals surface area contributed by atoms with Crippen LogP contribution in [0, 0.1) is 0 Å². The normalized spacial score (nSPS) is 10.5. The Bertz CT molecular complexity index is 508. The van der Waals surface area contributed by atoms with Crippen LogP contribution in [0.3, 0.4) is 0 Å². The van der Waals surface area contributed by atoms with Gasteiger partial charge in [-0.15, -0.1) is 11.8 Å². The number of hydrogen-bond donors (Lipinski definition) is 0. The minimum absolute atomic E-state index is 0.00490. The lowest BCUT2D eigenvalue weighted by molar-refractivity contribution is 0.356. The van der Waals surface area contributed by atoms with Gasteiger partial charge in [0.15, 0.2) is 5.75 Å². The van der Waals surface area contributed by atoms with Crippen LogP contribution in [0.4, 0.5) is 0 Å². The van der Waals surface area contributed by atoms with Crippen LogP contribution in [0.2, 0.25) is 5.02 Å². The summed E-state index contributed by atoms with van der Waals surface area (Å²) in [5.74, 6) is 1.05. The molecule has 0 saturated carbocycles. The van der Waals surface area contributed by atoms with Crippen molar-refractivity contribution in [1.29, 1.82) is 0 Å². The minimum atomic E-state index is 0.00490. The molecule has 0 aliphatic rings. The van der Waals surface area contributed by atoms with Gasteiger partial charge in [-0.1, -0.05) is 30.7 Å². The Hall–Kier alpha value is -1.12. The van der Waals surface area contributed by atoms with Gasteiger partial charge in [-0.2, -0.15) is 0 Å². The molecule has 0 fully saturated rings. The first-order valence-electron chi connectivity index (χ1n) is 5.40. The average molecular weight is 264 g/mol. The van der Waals surface area contributed by atoms with Gasteiger partial charge in [0.2, 0.25) is 0 Å². The molecule has 0 saturated heterocycles. The quantitative estimate of drug-likeness (QED) is 0.691. The molecule has 0 amide bonds. The topological polar surface area (TPSA) is 19.9 Å². The van der Waals surface area contributed by atoms with Crippen molar-refractivity contribution < 1.29 is 5.11 Å². The molecule has 0 bridgehead atoms. The molecule has 0 aliphatic carbocycles. The Morgan fingerprint density at radius 2 is 1.82 bits per heavy atom. The zero-order valence-electron chi connectivity index (χ0n) is 9.44. The van der Waals surface area contributed by atoms with Crippen molar-refractivity contribution in [2.45, 2.75) is 11.8 Å². The smallest absolute Gasteiger partial charge is 0.186 e. The summed E-state index contributed by atoms with van der Waals surface area (Å²) in [4.78, 5) is 1.21. The van der Waals surface area contributed by atoms with Gasteiger partial charge in [-0.3, -0.25) is 5.11 Å². The van der Waals surface area contributed by atoms with Gasteiger partial charge in [0, 0.05) is 15.5 Å². The third kappa shape index (κ3) is 2.96. The fourth-order valence-corrected chi connectivity index (χ4v) is 2.46. The summed E-state index contributed by atoms with van der Waals surface area (Å²) in [7, 11) is 0. The van der Waals surface area contributed by atoms with E-state index in [9.17, 15) is 5.11 Å². The summed E-state index contributed by atoms with van der Waals surface area (Å²) in [6.45, 7) is 2.12. The van der Waals surface area contributed by atoms with Gasteiger partial charge >= 0.3 is 0 Å². The van der Waals surface area contributed by atoms with E-state index >= 15 is 0 Å². The predicted octanol–water partition coefficient (Wildman–Crippen LogP) is 5.26. The van der Waals surface area contributed by atoms with Gasteiger partial charge < -0.3 is 0 Å². The summed E-state index contributed by atoms with van der Waals surface area (Å²) in [6, 6.07) is 12.8. The Balaban J connectivity index is 2.36. The molecule has 17 heavy (non-hydrogen) atoms. The van der Waals surface area contributed by atoms with Gasteiger partial charge in [-0.25, -0.2) is 0 Å². The summed E-state index contributed by atoms with van der Waals surface area (Å²) in [6.07, 6.45) is 0. The molecule has 0 aromatic heterocycles. The maximum absolute atomic E-state index is 11.7. The molecule has 2 rings (SSSR count). The molecule has 0 spiro atoms. The van der Waals surface area contributed by atoms with Gasteiger partial charge in [0.25, 0.3) is 0 Å². The van der Waals surface area contributed by atoms with Crippen LogP contribution in [0.5, 0.6) is 5.75 Å². The highest BCUT2D eigenvalue weighted by Crippen LogP contribution is 2.33. The fraction of sp³-hybridized carbons (Fsp3) is 0.143. The molecule has 3 heteroatoms. The average Bonchev–Trinajstić information content (AvgIpc) is 2.34. The zero-order chi connectivity index (χ0) is 12.3. The molecule has 2 aromatic rings. The summed E-state index contributed by atoms with van der Waals surface area (Å²) < 4.78 is 0. The Morgan fingerprint density at radius 1 is 1.12 bits per heavy atom. The second kappa shape index (κ2) is 5.48. The predicted molar refractivity (Wildman–Crippen MR) is 73.4 cm³/mol. The summed E-state index contributed by atoms with van der Waals surface area (Å²) in [5, 5.41) is 12.3. The van der Waals surface area contributed by atoms with Gasteiger partial charge in [0.05, 0.1) is 0 Å². The van der Waals surface area contributed by atoms with Crippen LogP contribution in [0.15, 0.2) is 47.4 Å². The van der Waals surface area contributed by atoms with Gasteiger partial charge in [0.1, 0.15) is 0 Å². The monoisotopic (exact) mass is 263 g/mol. The Labute approximate surface area is 110 Å². The van der Waals surface area contributed by atoms with E-state index in [4.69, 9.17) is 11.6 Å². The van der Waals surface area contributed by atoms with E-state index in [-0.39, 0.29) is 5.75 Å². The van der Waals surface area contributed by atoms with Crippen LogP contribution in [-0.4, -0.2) is 5.75 Å². The second-order valence-electron chi connectivity index (χ2n) is 3.60. The molecule has 0 heterocycles. The highest BCUT2D eigenvalue weighted by molar-refractivity contribution is 7.99. The Morgan fingerprint density at radius 3 is 2.47 bits per heavy atom. The van der Waals surface area contributed by atoms with E-state index < -0.39 is 0 Å². The fourth-order valence-electron chi connectivity index (χ4n) is 1.63. The van der Waals surface area contributed by atoms with E-state index in [1.807, 2.05) is 24.3 Å². The Kier molecular flexibility index (Phi) is 3.97. The first kappa shape index (κ1) is 12.3. The molecule has 0 N–H and O–H groups in total. The van der Waals surface area contributed by atoms with Crippen molar-refractivity contribution in [3.8, 4) is 16.9 Å². The lowest BCUT2D eigenvalue weighted by Crippen LogP contribution is -1.80. The number of thioether (sulfide) groups is 1. The van der Waals surface area contributed by atoms with Crippen molar-refractivity contribution in [3.63, 3.8) is 0 Å². The van der Waals surface area contributed by atoms with E-state index in [1.54, 1.807) is 23.9 Å². The van der Waals surface area contributed by atoms with Crippen molar-refractivity contribution in [3.05, 3.63) is 47.5 Å². The lowest BCUT2D eigenvalue weighted by Gasteiger charge is -2.05. The van der Waals surface area contributed by atoms with Crippen molar-refractivity contribution in [1.82, 2.24) is 0 Å². The number of benzene rings is 2. The van der Waals surface area contributed by atoms with E-state index in [0.717, 1.165) is 11.3 Å². The van der Waals surface area contributed by atoms with E-state index in [2.05, 4.69) is 6.92 Å². The SMILES string of the molecule is CCSc1ccc(-c2cc(Cl)ccc2[O])cc1. The van der Waals surface area contributed by atoms with Crippen LogP contribution < -0.4 is 0 Å². The highest BCUT2D eigenvalue weighted by Gasteiger charge is 2.06. The minimum Gasteiger partial charge on any atom is -0.289 e. The lowest BCUT2D eigenvalue weighted by atomic mass is 10.1. The zero-order valence-corrected chi connectivity index (χ0v) is 11.0. The van der Waals surface area contributed by atoms with Crippen LogP contribution >= 0.6 is 23.4 Å². The van der Waals surface area contributed by atoms with Crippen LogP contribution in [0.25, 0.3) is 11.1 Å². The first-order chi connectivity index (χ1) is 8.20. The summed E-state index contributed by atoms with van der Waals surface area (Å²) in [5.41, 5.74) is 1.57. The third-order valence-electron chi connectivity index (χ3n) is 2.42. The molecule has 87 valence electrons. The first-order valence-corrected chi connectivity index (χ1v) is 6.77. The highest BCUT2D eigenvalue weighted by atomic mass is 35.5. The summed E-state index contributed by atoms with van der Waals surface area (Å²) >= 11 is 7.69. The molecule has 2 aromatic carbocycles. The second-order valence-corrected chi connectivity index (χ2v) is 5.37. The molecule has 0 atom stereocenters. The molecule has 0 unspecified atom stereocenters. The number of hydrogen-bond acceptors (Lipinski definition) is 1. The number of rotatable bonds is 3. The number of halogens is 1. The molecular weight excluding hydrogens is 252 g/mol.